The first-order chi connectivity index (χ1) is 28.5. The average Bonchev–Trinajstić information content (AvgIpc) is 3.18. The van der Waals surface area contributed by atoms with Crippen molar-refractivity contribution in [3.05, 3.63) is 35.4 Å². The second kappa shape index (κ2) is 38.1. The van der Waals surface area contributed by atoms with Gasteiger partial charge in [0.2, 0.25) is 0 Å². The third-order valence-electron chi connectivity index (χ3n) is 11.8. The minimum atomic E-state index is -4.80. The molecule has 348 valence electrons. The van der Waals surface area contributed by atoms with Gasteiger partial charge in [-0.1, -0.05) is 207 Å². The SMILES string of the molecule is CCCCCCCCCCCCCCCCC(C)c1cc(O)c(S(=O)(=O)[O-])cc1O.CCCCCCCCCCCCCCCCC(C)c1cc(O)c(S(=O)(=O)[O-])cc1O.[K+].[Na+]. The first-order valence-corrected chi connectivity index (χ1v) is 26.4. The van der Waals surface area contributed by atoms with Crippen molar-refractivity contribution in [2.45, 2.75) is 242 Å². The smallest absolute Gasteiger partial charge is 0.744 e. The Kier molecular flexibility index (Phi) is 39.4. The zero-order chi connectivity index (χ0) is 44.8. The standard InChI is InChI=1S/2C24H42O5S.K.Na/c2*1-3-4-5-6-7-8-9-10-11-12-13-14-15-16-17-20(2)21-18-23(26)24(19-22(21)25)30(27,28)29;;/h2*18-20,25-26H,3-17H2,1-2H3,(H,27,28,29);;/q;;2*+1/p-2. The van der Waals surface area contributed by atoms with E-state index in [4.69, 9.17) is 0 Å². The molecule has 14 heteroatoms. The van der Waals surface area contributed by atoms with Crippen LogP contribution in [0.4, 0.5) is 0 Å². The fraction of sp³-hybridized carbons (Fsp3) is 0.750. The molecule has 2 aromatic rings. The largest absolute Gasteiger partial charge is 1.00 e. The molecule has 0 aliphatic carbocycles. The molecular weight excluding hydrogens is 863 g/mol. The summed E-state index contributed by atoms with van der Waals surface area (Å²) >= 11 is 0. The van der Waals surface area contributed by atoms with E-state index >= 15 is 0 Å². The molecular formula is C48H82KNaO10S2. The molecule has 10 nitrogen and oxygen atoms in total. The van der Waals surface area contributed by atoms with Crippen LogP contribution < -0.4 is 80.9 Å². The first kappa shape index (κ1) is 64.2. The Morgan fingerprint density at radius 1 is 0.403 bits per heavy atom. The number of unbranched alkanes of at least 4 members (excludes halogenated alkanes) is 26. The third-order valence-corrected chi connectivity index (χ3v) is 13.5. The van der Waals surface area contributed by atoms with Crippen LogP contribution >= 0.6 is 0 Å². The van der Waals surface area contributed by atoms with E-state index in [1.165, 1.54) is 166 Å². The van der Waals surface area contributed by atoms with Crippen molar-refractivity contribution in [2.75, 3.05) is 0 Å². The van der Waals surface area contributed by atoms with Crippen molar-refractivity contribution >= 4 is 20.2 Å². The molecule has 2 aromatic carbocycles. The molecule has 2 unspecified atom stereocenters. The Morgan fingerprint density at radius 3 is 0.823 bits per heavy atom. The summed E-state index contributed by atoms with van der Waals surface area (Å²) in [5, 5.41) is 39.7. The molecule has 2 rings (SSSR count). The van der Waals surface area contributed by atoms with Gasteiger partial charge in [0.1, 0.15) is 43.2 Å². The quantitative estimate of drug-likeness (QED) is 0.0231. The Balaban J connectivity index is 0. The maximum absolute atomic E-state index is 11.1. The van der Waals surface area contributed by atoms with Gasteiger partial charge >= 0.3 is 80.9 Å². The number of benzene rings is 2. The van der Waals surface area contributed by atoms with Crippen molar-refractivity contribution in [2.24, 2.45) is 0 Å². The molecule has 0 saturated heterocycles. The van der Waals surface area contributed by atoms with E-state index in [2.05, 4.69) is 13.8 Å². The van der Waals surface area contributed by atoms with E-state index in [0.717, 1.165) is 50.7 Å². The maximum atomic E-state index is 11.1. The van der Waals surface area contributed by atoms with Gasteiger partial charge in [0, 0.05) is 23.3 Å². The number of hydrogen-bond donors (Lipinski definition) is 4. The fourth-order valence-corrected chi connectivity index (χ4v) is 9.08. The van der Waals surface area contributed by atoms with E-state index in [1.54, 1.807) is 0 Å². The second-order valence-corrected chi connectivity index (χ2v) is 19.9. The summed E-state index contributed by atoms with van der Waals surface area (Å²) in [6.45, 7) is 8.37. The van der Waals surface area contributed by atoms with Gasteiger partial charge in [-0.2, -0.15) is 0 Å². The molecule has 0 fully saturated rings. The summed E-state index contributed by atoms with van der Waals surface area (Å²) in [4.78, 5) is -1.54. The van der Waals surface area contributed by atoms with Crippen LogP contribution in [0.3, 0.4) is 0 Å². The van der Waals surface area contributed by atoms with Crippen molar-refractivity contribution < 1.29 is 127 Å². The van der Waals surface area contributed by atoms with Gasteiger partial charge in [-0.05, 0) is 36.8 Å². The number of phenols is 4. The Morgan fingerprint density at radius 2 is 0.613 bits per heavy atom. The van der Waals surface area contributed by atoms with Crippen LogP contribution in [-0.2, 0) is 20.2 Å². The minimum Gasteiger partial charge on any atom is -0.744 e. The Labute approximate surface area is 442 Å². The van der Waals surface area contributed by atoms with Gasteiger partial charge in [-0.15, -0.1) is 0 Å². The number of aromatic hydroxyl groups is 4. The molecule has 0 aromatic heterocycles. The summed E-state index contributed by atoms with van der Waals surface area (Å²) in [5.41, 5.74) is 0.962. The van der Waals surface area contributed by atoms with Crippen LogP contribution in [0.2, 0.25) is 0 Å². The Hall–Kier alpha value is 0.0964. The van der Waals surface area contributed by atoms with E-state index in [9.17, 15) is 46.4 Å². The second-order valence-electron chi connectivity index (χ2n) is 17.2. The van der Waals surface area contributed by atoms with Gasteiger partial charge in [0.25, 0.3) is 0 Å². The van der Waals surface area contributed by atoms with Gasteiger partial charge in [0.05, 0.1) is 9.79 Å². The van der Waals surface area contributed by atoms with Crippen LogP contribution in [0, 0.1) is 0 Å². The fourth-order valence-electron chi connectivity index (χ4n) is 7.94. The third kappa shape index (κ3) is 29.7. The number of hydrogen-bond acceptors (Lipinski definition) is 10. The summed E-state index contributed by atoms with van der Waals surface area (Å²) in [5.74, 6) is -1.72. The zero-order valence-electron chi connectivity index (χ0n) is 39.7. The van der Waals surface area contributed by atoms with Crippen LogP contribution in [0.15, 0.2) is 34.1 Å². The summed E-state index contributed by atoms with van der Waals surface area (Å²) in [6.07, 6.45) is 38.1. The molecule has 0 bridgehead atoms. The first-order valence-electron chi connectivity index (χ1n) is 23.6. The molecule has 0 spiro atoms. The minimum absolute atomic E-state index is 0. The number of phenolic OH excluding ortho intramolecular Hbond substituents is 4. The zero-order valence-corrected chi connectivity index (χ0v) is 46.5. The molecule has 0 heterocycles. The van der Waals surface area contributed by atoms with Crippen molar-refractivity contribution in [3.63, 3.8) is 0 Å². The van der Waals surface area contributed by atoms with Crippen LogP contribution in [0.5, 0.6) is 23.0 Å². The van der Waals surface area contributed by atoms with Crippen LogP contribution in [0.25, 0.3) is 0 Å². The molecule has 0 aliphatic rings. The monoisotopic (exact) mass is 944 g/mol. The molecule has 2 atom stereocenters. The van der Waals surface area contributed by atoms with Crippen LogP contribution in [0.1, 0.15) is 243 Å². The summed E-state index contributed by atoms with van der Waals surface area (Å²) in [7, 11) is -9.60. The van der Waals surface area contributed by atoms with E-state index in [-0.39, 0.29) is 104 Å². The Bertz CT molecular complexity index is 1540. The molecule has 0 aliphatic heterocycles. The maximum Gasteiger partial charge on any atom is 1.00 e. The normalized spacial score (nSPS) is 12.5. The molecule has 62 heavy (non-hydrogen) atoms. The van der Waals surface area contributed by atoms with Crippen molar-refractivity contribution in [3.8, 4) is 23.0 Å². The summed E-state index contributed by atoms with van der Waals surface area (Å²) in [6, 6.07) is 4.12. The van der Waals surface area contributed by atoms with Crippen LogP contribution in [-0.4, -0.2) is 46.4 Å². The van der Waals surface area contributed by atoms with E-state index < -0.39 is 41.5 Å². The topological polar surface area (TPSA) is 195 Å². The molecule has 0 saturated carbocycles. The van der Waals surface area contributed by atoms with Crippen molar-refractivity contribution in [1.29, 1.82) is 0 Å². The van der Waals surface area contributed by atoms with Crippen molar-refractivity contribution in [1.82, 2.24) is 0 Å². The van der Waals surface area contributed by atoms with Gasteiger partial charge in [-0.25, -0.2) is 16.8 Å². The molecule has 0 radical (unpaired) electrons. The van der Waals surface area contributed by atoms with Gasteiger partial charge < -0.3 is 29.5 Å². The van der Waals surface area contributed by atoms with Gasteiger partial charge in [-0.3, -0.25) is 0 Å². The predicted molar refractivity (Wildman–Crippen MR) is 242 cm³/mol. The average molecular weight is 945 g/mol. The molecule has 0 amide bonds. The summed E-state index contributed by atoms with van der Waals surface area (Å²) < 4.78 is 66.5. The number of rotatable bonds is 34. The molecule has 4 N–H and O–H groups in total. The van der Waals surface area contributed by atoms with Gasteiger partial charge in [0.15, 0.2) is 0 Å². The predicted octanol–water partition coefficient (Wildman–Crippen LogP) is 7.96. The van der Waals surface area contributed by atoms with E-state index in [1.807, 2.05) is 13.8 Å². The van der Waals surface area contributed by atoms with E-state index in [0.29, 0.717) is 11.1 Å².